The molecule has 49 heavy (non-hydrogen) atoms. The van der Waals surface area contributed by atoms with Crippen molar-refractivity contribution in [3.8, 4) is 45.4 Å². The van der Waals surface area contributed by atoms with Gasteiger partial charge in [-0.25, -0.2) is 18.4 Å². The summed E-state index contributed by atoms with van der Waals surface area (Å²) >= 11 is 14.1. The Kier molecular flexibility index (Phi) is 10.7. The Balaban J connectivity index is 1.20. The van der Waals surface area contributed by atoms with Gasteiger partial charge in [0, 0.05) is 66.6 Å². The van der Waals surface area contributed by atoms with Gasteiger partial charge in [-0.05, 0) is 19.3 Å². The molecule has 1 aliphatic heterocycles. The van der Waals surface area contributed by atoms with Gasteiger partial charge in [-0.3, -0.25) is 14.8 Å². The number of rotatable bonds is 13. The summed E-state index contributed by atoms with van der Waals surface area (Å²) < 4.78 is 34.6. The third-order valence-electron chi connectivity index (χ3n) is 8.88. The van der Waals surface area contributed by atoms with Crippen molar-refractivity contribution in [2.75, 3.05) is 27.0 Å². The third-order valence-corrected chi connectivity index (χ3v) is 11.3. The standard InChI is InChI=1S/C34H37Cl2N7O5S/c1-47-33-28(15-37-14-19-10-11-30(44)41-19)39-16-26(42-33)24-8-4-6-22(31(24)35)23-7-5-9-25(32(23)36)27-17-40-29(34(43-27)48-2)18-38-20-12-21(13-20)49(3,45)46/h4-9,16-17,19-21,37-38H,10-15,18H2,1-3H3,(H,41,44)/t19-,20-,21-/m0/s1. The van der Waals surface area contributed by atoms with Crippen LogP contribution in [-0.2, 0) is 27.7 Å². The number of hydrogen-bond donors (Lipinski definition) is 3. The van der Waals surface area contributed by atoms with E-state index in [1.807, 2.05) is 36.4 Å². The van der Waals surface area contributed by atoms with Crippen LogP contribution in [0.5, 0.6) is 11.8 Å². The summed E-state index contributed by atoms with van der Waals surface area (Å²) in [6, 6.07) is 11.4. The first-order valence-electron chi connectivity index (χ1n) is 15.9. The van der Waals surface area contributed by atoms with Crippen LogP contribution < -0.4 is 25.4 Å². The lowest BCUT2D eigenvalue weighted by Crippen LogP contribution is -2.47. The van der Waals surface area contributed by atoms with Crippen molar-refractivity contribution >= 4 is 38.9 Å². The molecular formula is C34H37Cl2N7O5S. The Morgan fingerprint density at radius 3 is 1.88 bits per heavy atom. The van der Waals surface area contributed by atoms with Crippen molar-refractivity contribution in [3.63, 3.8) is 0 Å². The maximum atomic E-state index is 11.7. The number of ether oxygens (including phenoxy) is 2. The van der Waals surface area contributed by atoms with Crippen molar-refractivity contribution in [3.05, 3.63) is 70.2 Å². The second kappa shape index (κ2) is 14.9. The fraction of sp³-hybridized carbons (Fsp3) is 0.382. The third kappa shape index (κ3) is 7.81. The van der Waals surface area contributed by atoms with Crippen LogP contribution in [-0.4, -0.2) is 78.6 Å². The van der Waals surface area contributed by atoms with Crippen LogP contribution in [0.2, 0.25) is 10.0 Å². The predicted octanol–water partition coefficient (Wildman–Crippen LogP) is 4.63. The fourth-order valence-corrected chi connectivity index (χ4v) is 7.83. The second-order valence-corrected chi connectivity index (χ2v) is 15.3. The van der Waals surface area contributed by atoms with E-state index in [0.29, 0.717) is 106 Å². The first-order valence-corrected chi connectivity index (χ1v) is 18.6. The summed E-state index contributed by atoms with van der Waals surface area (Å²) in [6.45, 7) is 1.44. The number of sulfone groups is 1. The first kappa shape index (κ1) is 35.0. The molecule has 12 nitrogen and oxygen atoms in total. The van der Waals surface area contributed by atoms with E-state index in [9.17, 15) is 13.2 Å². The summed E-state index contributed by atoms with van der Waals surface area (Å²) in [5.74, 6) is 0.798. The number of carbonyl (C=O) groups is 1. The van der Waals surface area contributed by atoms with Gasteiger partial charge < -0.3 is 25.4 Å². The normalized spacial score (nSPS) is 19.0. The van der Waals surface area contributed by atoms with Gasteiger partial charge in [0.2, 0.25) is 17.7 Å². The number of nitrogens with one attached hydrogen (secondary N) is 3. The van der Waals surface area contributed by atoms with Crippen LogP contribution in [0.15, 0.2) is 48.8 Å². The number of methoxy groups -OCH3 is 2. The van der Waals surface area contributed by atoms with Gasteiger partial charge in [-0.2, -0.15) is 0 Å². The van der Waals surface area contributed by atoms with E-state index >= 15 is 0 Å². The monoisotopic (exact) mass is 725 g/mol. The minimum Gasteiger partial charge on any atom is -0.480 e. The zero-order valence-corrected chi connectivity index (χ0v) is 29.6. The van der Waals surface area contributed by atoms with E-state index in [1.54, 1.807) is 19.5 Å². The summed E-state index contributed by atoms with van der Waals surface area (Å²) in [6.07, 6.45) is 7.08. The second-order valence-electron chi connectivity index (χ2n) is 12.2. The van der Waals surface area contributed by atoms with Crippen LogP contribution in [0.4, 0.5) is 0 Å². The van der Waals surface area contributed by atoms with Gasteiger partial charge in [0.25, 0.3) is 0 Å². The van der Waals surface area contributed by atoms with E-state index in [4.69, 9.17) is 42.6 Å². The number of hydrogen-bond acceptors (Lipinski definition) is 11. The van der Waals surface area contributed by atoms with E-state index in [1.165, 1.54) is 13.4 Å². The minimum absolute atomic E-state index is 0.0749. The number of carbonyl (C=O) groups excluding carboxylic acids is 1. The maximum Gasteiger partial charge on any atom is 0.237 e. The summed E-state index contributed by atoms with van der Waals surface area (Å²) in [7, 11) is 0.0494. The van der Waals surface area contributed by atoms with Crippen molar-refractivity contribution in [2.24, 2.45) is 0 Å². The van der Waals surface area contributed by atoms with Gasteiger partial charge in [-0.15, -0.1) is 0 Å². The molecule has 2 aromatic heterocycles. The van der Waals surface area contributed by atoms with Crippen molar-refractivity contribution in [1.82, 2.24) is 35.9 Å². The minimum atomic E-state index is -3.02. The van der Waals surface area contributed by atoms with Gasteiger partial charge in [0.1, 0.15) is 21.2 Å². The zero-order chi connectivity index (χ0) is 34.7. The highest BCUT2D eigenvalue weighted by molar-refractivity contribution is 7.91. The molecule has 15 heteroatoms. The number of amides is 1. The van der Waals surface area contributed by atoms with Crippen molar-refractivity contribution in [2.45, 2.75) is 56.1 Å². The van der Waals surface area contributed by atoms with Crippen molar-refractivity contribution < 1.29 is 22.7 Å². The Morgan fingerprint density at radius 2 is 1.39 bits per heavy atom. The molecular weight excluding hydrogens is 689 g/mol. The lowest BCUT2D eigenvalue weighted by Gasteiger charge is -2.34. The summed E-state index contributed by atoms with van der Waals surface area (Å²) in [5.41, 5.74) is 5.02. The van der Waals surface area contributed by atoms with E-state index < -0.39 is 9.84 Å². The van der Waals surface area contributed by atoms with Gasteiger partial charge in [0.05, 0.1) is 53.3 Å². The highest BCUT2D eigenvalue weighted by Crippen LogP contribution is 2.42. The van der Waals surface area contributed by atoms with Crippen LogP contribution in [0.1, 0.15) is 37.1 Å². The molecule has 258 valence electrons. The molecule has 2 fully saturated rings. The molecule has 0 spiro atoms. The predicted molar refractivity (Wildman–Crippen MR) is 188 cm³/mol. The van der Waals surface area contributed by atoms with Crippen molar-refractivity contribution in [1.29, 1.82) is 0 Å². The Hall–Kier alpha value is -3.88. The molecule has 0 bridgehead atoms. The van der Waals surface area contributed by atoms with Gasteiger partial charge >= 0.3 is 0 Å². The van der Waals surface area contributed by atoms with Crippen LogP contribution >= 0.6 is 23.2 Å². The topological polar surface area (TPSA) is 157 Å². The number of halogens is 2. The van der Waals surface area contributed by atoms with Gasteiger partial charge in [0.15, 0.2) is 0 Å². The Morgan fingerprint density at radius 1 is 0.857 bits per heavy atom. The molecule has 0 unspecified atom stereocenters. The number of nitrogens with zero attached hydrogens (tertiary/aromatic N) is 4. The summed E-state index contributed by atoms with van der Waals surface area (Å²) in [4.78, 5) is 30.1. The number of aromatic nitrogens is 4. The molecule has 3 heterocycles. The average Bonchev–Trinajstić information content (AvgIpc) is 3.48. The fourth-order valence-electron chi connectivity index (χ4n) is 6.02. The largest absolute Gasteiger partial charge is 0.480 e. The molecule has 6 rings (SSSR count). The smallest absolute Gasteiger partial charge is 0.237 e. The average molecular weight is 727 g/mol. The van der Waals surface area contributed by atoms with Gasteiger partial charge in [-0.1, -0.05) is 59.6 Å². The molecule has 4 aromatic rings. The zero-order valence-electron chi connectivity index (χ0n) is 27.3. The SMILES string of the molecule is COc1nc(-c2cccc(-c3cccc(-c4cnc(CN[C@H]5C[C@H](S(C)(=O)=O)C5)c(OC)n4)c3Cl)c2Cl)cnc1CNC[C@@H]1CCC(=O)N1. The highest BCUT2D eigenvalue weighted by Gasteiger charge is 2.36. The first-order chi connectivity index (χ1) is 23.5. The lowest BCUT2D eigenvalue weighted by atomic mass is 9.92. The maximum absolute atomic E-state index is 11.7. The molecule has 1 amide bonds. The van der Waals surface area contributed by atoms with E-state index in [-0.39, 0.29) is 23.2 Å². The van der Waals surface area contributed by atoms with Crippen LogP contribution in [0, 0.1) is 0 Å². The molecule has 2 aromatic carbocycles. The van der Waals surface area contributed by atoms with E-state index in [2.05, 4.69) is 25.9 Å². The summed E-state index contributed by atoms with van der Waals surface area (Å²) in [5, 5.41) is 10.2. The molecule has 2 aliphatic rings. The molecule has 1 saturated carbocycles. The molecule has 1 aliphatic carbocycles. The van der Waals surface area contributed by atoms with Crippen LogP contribution in [0.3, 0.4) is 0 Å². The lowest BCUT2D eigenvalue weighted by molar-refractivity contribution is -0.119. The molecule has 1 atom stereocenters. The molecule has 1 saturated heterocycles. The quantitative estimate of drug-likeness (QED) is 0.177. The molecule has 0 radical (unpaired) electrons. The molecule has 3 N–H and O–H groups in total. The highest BCUT2D eigenvalue weighted by atomic mass is 35.5. The Labute approximate surface area is 295 Å². The van der Waals surface area contributed by atoms with E-state index in [0.717, 1.165) is 6.42 Å². The van der Waals surface area contributed by atoms with Crippen LogP contribution in [0.25, 0.3) is 33.6 Å². The number of benzene rings is 2. The Bertz CT molecular complexity index is 1970.